The fourth-order valence-electron chi connectivity index (χ4n) is 2.51. The van der Waals surface area contributed by atoms with Gasteiger partial charge in [0.2, 0.25) is 0 Å². The van der Waals surface area contributed by atoms with E-state index in [1.54, 1.807) is 41.2 Å². The number of aryl methyl sites for hydroxylation is 2. The molecule has 6 nitrogen and oxygen atoms in total. The molecule has 1 amide bonds. The SMILES string of the molecule is Cc1cccc(NC(=O)COC(=O)c2ccc(-n3nccc3C)cc2)c1. The molecule has 0 atom stereocenters. The summed E-state index contributed by atoms with van der Waals surface area (Å²) in [6.45, 7) is 3.54. The van der Waals surface area contributed by atoms with E-state index < -0.39 is 5.97 Å². The van der Waals surface area contributed by atoms with Gasteiger partial charge in [0.1, 0.15) is 0 Å². The maximum atomic E-state index is 12.1. The van der Waals surface area contributed by atoms with E-state index in [-0.39, 0.29) is 12.5 Å². The first kappa shape index (κ1) is 17.4. The number of rotatable bonds is 5. The molecule has 0 saturated heterocycles. The predicted molar refractivity (Wildman–Crippen MR) is 98.4 cm³/mol. The number of hydrogen-bond acceptors (Lipinski definition) is 4. The second-order valence-corrected chi connectivity index (χ2v) is 5.93. The zero-order chi connectivity index (χ0) is 18.5. The molecular weight excluding hydrogens is 330 g/mol. The Balaban J connectivity index is 1.56. The van der Waals surface area contributed by atoms with Gasteiger partial charge in [-0.15, -0.1) is 0 Å². The average molecular weight is 349 g/mol. The molecule has 1 heterocycles. The van der Waals surface area contributed by atoms with Gasteiger partial charge in [0.15, 0.2) is 6.61 Å². The van der Waals surface area contributed by atoms with Crippen LogP contribution in [0.2, 0.25) is 0 Å². The second kappa shape index (κ2) is 7.65. The van der Waals surface area contributed by atoms with Gasteiger partial charge in [-0.05, 0) is 61.9 Å². The van der Waals surface area contributed by atoms with Gasteiger partial charge in [-0.1, -0.05) is 12.1 Å². The number of nitrogens with one attached hydrogen (secondary N) is 1. The van der Waals surface area contributed by atoms with Crippen LogP contribution in [0.1, 0.15) is 21.6 Å². The lowest BCUT2D eigenvalue weighted by molar-refractivity contribution is -0.119. The van der Waals surface area contributed by atoms with Gasteiger partial charge >= 0.3 is 5.97 Å². The van der Waals surface area contributed by atoms with E-state index in [4.69, 9.17) is 4.74 Å². The van der Waals surface area contributed by atoms with Crippen LogP contribution in [0.4, 0.5) is 5.69 Å². The largest absolute Gasteiger partial charge is 0.452 e. The number of nitrogens with zero attached hydrogens (tertiary/aromatic N) is 2. The van der Waals surface area contributed by atoms with Crippen LogP contribution in [0.3, 0.4) is 0 Å². The van der Waals surface area contributed by atoms with Crippen molar-refractivity contribution in [2.24, 2.45) is 0 Å². The van der Waals surface area contributed by atoms with Crippen molar-refractivity contribution >= 4 is 17.6 Å². The van der Waals surface area contributed by atoms with Crippen LogP contribution in [-0.4, -0.2) is 28.3 Å². The van der Waals surface area contributed by atoms with Gasteiger partial charge < -0.3 is 10.1 Å². The van der Waals surface area contributed by atoms with Crippen molar-refractivity contribution in [1.82, 2.24) is 9.78 Å². The van der Waals surface area contributed by atoms with Crippen molar-refractivity contribution in [1.29, 1.82) is 0 Å². The van der Waals surface area contributed by atoms with Crippen molar-refractivity contribution in [2.75, 3.05) is 11.9 Å². The van der Waals surface area contributed by atoms with Crippen LogP contribution in [0.15, 0.2) is 60.8 Å². The molecule has 1 N–H and O–H groups in total. The van der Waals surface area contributed by atoms with Crippen LogP contribution in [0.25, 0.3) is 5.69 Å². The first-order valence-electron chi connectivity index (χ1n) is 8.17. The minimum absolute atomic E-state index is 0.340. The quantitative estimate of drug-likeness (QED) is 0.718. The lowest BCUT2D eigenvalue weighted by Gasteiger charge is -2.08. The Hall–Kier alpha value is -3.41. The Morgan fingerprint density at radius 3 is 2.50 bits per heavy atom. The van der Waals surface area contributed by atoms with Crippen molar-refractivity contribution in [3.05, 3.63) is 77.6 Å². The number of esters is 1. The summed E-state index contributed by atoms with van der Waals surface area (Å²) < 4.78 is 6.84. The number of ether oxygens (including phenoxy) is 1. The first-order chi connectivity index (χ1) is 12.5. The summed E-state index contributed by atoms with van der Waals surface area (Å²) in [6, 6.07) is 16.2. The molecule has 132 valence electrons. The highest BCUT2D eigenvalue weighted by molar-refractivity contribution is 5.95. The predicted octanol–water partition coefficient (Wildman–Crippen LogP) is 3.28. The smallest absolute Gasteiger partial charge is 0.338 e. The number of carbonyl (C=O) groups excluding carboxylic acids is 2. The molecule has 0 saturated carbocycles. The summed E-state index contributed by atoms with van der Waals surface area (Å²) in [5.74, 6) is -0.930. The van der Waals surface area contributed by atoms with E-state index in [0.29, 0.717) is 11.3 Å². The van der Waals surface area contributed by atoms with Crippen LogP contribution in [-0.2, 0) is 9.53 Å². The maximum Gasteiger partial charge on any atom is 0.338 e. The third-order valence-electron chi connectivity index (χ3n) is 3.82. The average Bonchev–Trinajstić information content (AvgIpc) is 3.06. The van der Waals surface area contributed by atoms with E-state index in [0.717, 1.165) is 16.9 Å². The topological polar surface area (TPSA) is 73.2 Å². The summed E-state index contributed by atoms with van der Waals surface area (Å²) >= 11 is 0. The third-order valence-corrected chi connectivity index (χ3v) is 3.82. The number of anilines is 1. The molecule has 0 aliphatic carbocycles. The molecule has 3 rings (SSSR count). The highest BCUT2D eigenvalue weighted by Crippen LogP contribution is 2.12. The minimum Gasteiger partial charge on any atom is -0.452 e. The highest BCUT2D eigenvalue weighted by atomic mass is 16.5. The lowest BCUT2D eigenvalue weighted by atomic mass is 10.2. The van der Waals surface area contributed by atoms with Gasteiger partial charge in [-0.25, -0.2) is 9.48 Å². The molecule has 3 aromatic rings. The van der Waals surface area contributed by atoms with Crippen LogP contribution >= 0.6 is 0 Å². The number of carbonyl (C=O) groups is 2. The molecule has 0 fully saturated rings. The van der Waals surface area contributed by atoms with Crippen LogP contribution in [0.5, 0.6) is 0 Å². The molecule has 0 aliphatic rings. The Kier molecular flexibility index (Phi) is 5.12. The van der Waals surface area contributed by atoms with E-state index in [2.05, 4.69) is 10.4 Å². The zero-order valence-corrected chi connectivity index (χ0v) is 14.6. The Bertz CT molecular complexity index is 929. The van der Waals surface area contributed by atoms with Gasteiger partial charge in [-0.2, -0.15) is 5.10 Å². The van der Waals surface area contributed by atoms with E-state index >= 15 is 0 Å². The third kappa shape index (κ3) is 4.16. The number of hydrogen-bond donors (Lipinski definition) is 1. The fourth-order valence-corrected chi connectivity index (χ4v) is 2.51. The first-order valence-corrected chi connectivity index (χ1v) is 8.17. The lowest BCUT2D eigenvalue weighted by Crippen LogP contribution is -2.21. The molecule has 2 aromatic carbocycles. The van der Waals surface area contributed by atoms with Crippen LogP contribution < -0.4 is 5.32 Å². The standard InChI is InChI=1S/C20H19N3O3/c1-14-4-3-5-17(12-14)22-19(24)13-26-20(25)16-6-8-18(9-7-16)23-15(2)10-11-21-23/h3-12H,13H2,1-2H3,(H,22,24). The summed E-state index contributed by atoms with van der Waals surface area (Å²) in [5.41, 5.74) is 3.92. The monoisotopic (exact) mass is 349 g/mol. The van der Waals surface area contributed by atoms with Gasteiger partial charge in [0.25, 0.3) is 5.91 Å². The fraction of sp³-hybridized carbons (Fsp3) is 0.150. The molecule has 0 radical (unpaired) electrons. The van der Waals surface area contributed by atoms with Gasteiger partial charge in [0.05, 0.1) is 11.3 Å². The molecule has 0 spiro atoms. The van der Waals surface area contributed by atoms with E-state index in [1.807, 2.05) is 38.1 Å². The molecule has 0 aliphatic heterocycles. The highest BCUT2D eigenvalue weighted by Gasteiger charge is 2.11. The second-order valence-electron chi connectivity index (χ2n) is 5.93. The Morgan fingerprint density at radius 1 is 1.08 bits per heavy atom. The summed E-state index contributed by atoms with van der Waals surface area (Å²) in [4.78, 5) is 24.0. The van der Waals surface area contributed by atoms with Crippen molar-refractivity contribution in [3.8, 4) is 5.69 Å². The molecule has 6 heteroatoms. The molecular formula is C20H19N3O3. The Labute approximate surface area is 151 Å². The van der Waals surface area contributed by atoms with E-state index in [1.165, 1.54) is 0 Å². The van der Waals surface area contributed by atoms with Crippen molar-refractivity contribution in [2.45, 2.75) is 13.8 Å². The summed E-state index contributed by atoms with van der Waals surface area (Å²) in [7, 11) is 0. The number of benzene rings is 2. The molecule has 1 aromatic heterocycles. The van der Waals surface area contributed by atoms with Gasteiger partial charge in [-0.3, -0.25) is 4.79 Å². The van der Waals surface area contributed by atoms with Crippen molar-refractivity contribution < 1.29 is 14.3 Å². The van der Waals surface area contributed by atoms with Gasteiger partial charge in [0, 0.05) is 17.6 Å². The number of aromatic nitrogens is 2. The minimum atomic E-state index is -0.548. The van der Waals surface area contributed by atoms with E-state index in [9.17, 15) is 9.59 Å². The zero-order valence-electron chi connectivity index (χ0n) is 14.6. The summed E-state index contributed by atoms with van der Waals surface area (Å²) in [5, 5.41) is 6.91. The molecule has 0 bridgehead atoms. The number of amides is 1. The Morgan fingerprint density at radius 2 is 1.85 bits per heavy atom. The van der Waals surface area contributed by atoms with Crippen LogP contribution in [0, 0.1) is 13.8 Å². The molecule has 0 unspecified atom stereocenters. The molecule has 26 heavy (non-hydrogen) atoms. The summed E-state index contributed by atoms with van der Waals surface area (Å²) in [6.07, 6.45) is 1.71. The maximum absolute atomic E-state index is 12.1. The van der Waals surface area contributed by atoms with Crippen molar-refractivity contribution in [3.63, 3.8) is 0 Å². The normalized spacial score (nSPS) is 10.4.